The summed E-state index contributed by atoms with van der Waals surface area (Å²) in [4.78, 5) is 17.1. The van der Waals surface area contributed by atoms with Crippen LogP contribution in [-0.2, 0) is 4.79 Å². The smallest absolute Gasteiger partial charge is 0.234 e. The number of benzene rings is 1. The normalized spacial score (nSPS) is 10.7. The van der Waals surface area contributed by atoms with Gasteiger partial charge in [-0.3, -0.25) is 9.89 Å². The summed E-state index contributed by atoms with van der Waals surface area (Å²) in [6.45, 7) is 0. The van der Waals surface area contributed by atoms with Gasteiger partial charge in [0.25, 0.3) is 0 Å². The highest BCUT2D eigenvalue weighted by atomic mass is 35.5. The molecule has 0 aliphatic rings. The van der Waals surface area contributed by atoms with E-state index in [0.29, 0.717) is 16.0 Å². The van der Waals surface area contributed by atoms with Gasteiger partial charge in [-0.2, -0.15) is 0 Å². The van der Waals surface area contributed by atoms with Crippen molar-refractivity contribution in [2.45, 2.75) is 5.16 Å². The molecule has 0 aliphatic carbocycles. The summed E-state index contributed by atoms with van der Waals surface area (Å²) in [5, 5.41) is 12.1. The number of carbonyl (C=O) groups excluding carboxylic acids is 1. The van der Waals surface area contributed by atoms with Gasteiger partial charge >= 0.3 is 0 Å². The van der Waals surface area contributed by atoms with Crippen LogP contribution in [0.3, 0.4) is 0 Å². The number of nitrogens with zero attached hydrogens (tertiary/aromatic N) is 2. The van der Waals surface area contributed by atoms with Gasteiger partial charge in [0, 0.05) is 5.02 Å². The van der Waals surface area contributed by atoms with E-state index in [4.69, 9.17) is 11.6 Å². The van der Waals surface area contributed by atoms with E-state index in [1.165, 1.54) is 18.2 Å². The number of thioether (sulfide) groups is 1. The number of rotatable bonds is 5. The molecule has 1 aromatic carbocycles. The predicted octanol–water partition coefficient (Wildman–Crippen LogP) is 4.06. The van der Waals surface area contributed by atoms with Crippen molar-refractivity contribution >= 4 is 46.3 Å². The van der Waals surface area contributed by atoms with Crippen molar-refractivity contribution in [2.75, 3.05) is 11.1 Å². The number of anilines is 1. The first-order chi connectivity index (χ1) is 11.1. The van der Waals surface area contributed by atoms with E-state index in [1.807, 2.05) is 17.5 Å². The lowest BCUT2D eigenvalue weighted by atomic mass is 10.3. The summed E-state index contributed by atoms with van der Waals surface area (Å²) in [5.41, 5.74) is 0.0531. The van der Waals surface area contributed by atoms with Gasteiger partial charge < -0.3 is 5.32 Å². The van der Waals surface area contributed by atoms with E-state index in [9.17, 15) is 9.18 Å². The van der Waals surface area contributed by atoms with Crippen LogP contribution in [0, 0.1) is 5.82 Å². The van der Waals surface area contributed by atoms with E-state index in [2.05, 4.69) is 20.5 Å². The highest BCUT2D eigenvalue weighted by Crippen LogP contribution is 2.24. The second-order valence-corrected chi connectivity index (χ2v) is 6.73. The second kappa shape index (κ2) is 7.12. The number of carbonyl (C=O) groups is 1. The molecule has 3 aromatic rings. The Kier molecular flexibility index (Phi) is 4.94. The van der Waals surface area contributed by atoms with Crippen LogP contribution in [-0.4, -0.2) is 26.8 Å². The summed E-state index contributed by atoms with van der Waals surface area (Å²) < 4.78 is 13.5. The fourth-order valence-corrected chi connectivity index (χ4v) is 3.18. The van der Waals surface area contributed by atoms with Crippen LogP contribution >= 0.6 is 34.7 Å². The number of hydrogen-bond acceptors (Lipinski definition) is 5. The predicted molar refractivity (Wildman–Crippen MR) is 90.5 cm³/mol. The monoisotopic (exact) mass is 368 g/mol. The van der Waals surface area contributed by atoms with E-state index < -0.39 is 5.82 Å². The van der Waals surface area contributed by atoms with Crippen molar-refractivity contribution in [1.82, 2.24) is 15.2 Å². The fourth-order valence-electron chi connectivity index (χ4n) is 1.74. The van der Waals surface area contributed by atoms with Crippen LogP contribution in [0.5, 0.6) is 0 Å². The third-order valence-electron chi connectivity index (χ3n) is 2.75. The molecule has 0 radical (unpaired) electrons. The molecule has 0 atom stereocenters. The molecule has 2 aromatic heterocycles. The number of thiophene rings is 1. The third-order valence-corrected chi connectivity index (χ3v) is 4.71. The molecule has 0 saturated carbocycles. The van der Waals surface area contributed by atoms with Crippen molar-refractivity contribution in [3.05, 3.63) is 46.6 Å². The van der Waals surface area contributed by atoms with Crippen molar-refractivity contribution in [3.8, 4) is 10.7 Å². The number of aromatic amines is 1. The quantitative estimate of drug-likeness (QED) is 0.666. The molecular formula is C14H10ClFN4OS2. The zero-order chi connectivity index (χ0) is 16.2. The van der Waals surface area contributed by atoms with Crippen molar-refractivity contribution in [3.63, 3.8) is 0 Å². The minimum atomic E-state index is -0.536. The molecule has 2 N–H and O–H groups in total. The van der Waals surface area contributed by atoms with Crippen LogP contribution < -0.4 is 5.32 Å². The topological polar surface area (TPSA) is 70.7 Å². The van der Waals surface area contributed by atoms with Crippen molar-refractivity contribution in [2.24, 2.45) is 0 Å². The molecule has 1 amide bonds. The third kappa shape index (κ3) is 4.10. The molecule has 5 nitrogen and oxygen atoms in total. The van der Waals surface area contributed by atoms with Gasteiger partial charge in [-0.1, -0.05) is 29.4 Å². The van der Waals surface area contributed by atoms with Crippen LogP contribution in [0.15, 0.2) is 40.9 Å². The minimum absolute atomic E-state index is 0.0531. The largest absolute Gasteiger partial charge is 0.323 e. The highest BCUT2D eigenvalue weighted by molar-refractivity contribution is 7.99. The summed E-state index contributed by atoms with van der Waals surface area (Å²) in [6.07, 6.45) is 0. The molecule has 0 unspecified atom stereocenters. The van der Waals surface area contributed by atoms with E-state index in [-0.39, 0.29) is 17.3 Å². The molecule has 0 fully saturated rings. The Morgan fingerprint density at radius 2 is 2.30 bits per heavy atom. The number of H-pyrrole nitrogens is 1. The average molecular weight is 369 g/mol. The molecule has 9 heteroatoms. The Balaban J connectivity index is 1.58. The van der Waals surface area contributed by atoms with Gasteiger partial charge in [-0.15, -0.1) is 16.4 Å². The Morgan fingerprint density at radius 3 is 3.09 bits per heavy atom. The SMILES string of the molecule is O=C(CSc1n[nH]c(-c2cccs2)n1)Nc1cc(Cl)ccc1F. The lowest BCUT2D eigenvalue weighted by Crippen LogP contribution is -2.15. The van der Waals surface area contributed by atoms with Crippen molar-refractivity contribution < 1.29 is 9.18 Å². The van der Waals surface area contributed by atoms with Crippen LogP contribution in [0.2, 0.25) is 5.02 Å². The maximum atomic E-state index is 13.5. The molecule has 118 valence electrons. The fraction of sp³-hybridized carbons (Fsp3) is 0.0714. The standard InChI is InChI=1S/C14H10ClFN4OS2/c15-8-3-4-9(16)10(6-8)17-12(21)7-23-14-18-13(19-20-14)11-2-1-5-22-11/h1-6H,7H2,(H,17,21)(H,18,19,20). The molecule has 0 spiro atoms. The number of amides is 1. The van der Waals surface area contributed by atoms with Gasteiger partial charge in [0.05, 0.1) is 16.3 Å². The number of hydrogen-bond donors (Lipinski definition) is 2. The summed E-state index contributed by atoms with van der Waals surface area (Å²) in [7, 11) is 0. The van der Waals surface area contributed by atoms with Crippen molar-refractivity contribution in [1.29, 1.82) is 0 Å². The molecule has 0 aliphatic heterocycles. The Labute approximate surface area is 144 Å². The van der Waals surface area contributed by atoms with Gasteiger partial charge in [0.15, 0.2) is 5.82 Å². The highest BCUT2D eigenvalue weighted by Gasteiger charge is 2.11. The number of halogens is 2. The molecule has 3 rings (SSSR count). The minimum Gasteiger partial charge on any atom is -0.323 e. The molecule has 23 heavy (non-hydrogen) atoms. The van der Waals surface area contributed by atoms with E-state index >= 15 is 0 Å². The second-order valence-electron chi connectivity index (χ2n) is 4.40. The molecule has 2 heterocycles. The Morgan fingerprint density at radius 1 is 1.43 bits per heavy atom. The zero-order valence-corrected chi connectivity index (χ0v) is 13.9. The van der Waals surface area contributed by atoms with Crippen LogP contribution in [0.25, 0.3) is 10.7 Å². The van der Waals surface area contributed by atoms with E-state index in [1.54, 1.807) is 11.3 Å². The van der Waals surface area contributed by atoms with Gasteiger partial charge in [0.1, 0.15) is 5.82 Å². The average Bonchev–Trinajstić information content (AvgIpc) is 3.19. The molecule has 0 saturated heterocycles. The lowest BCUT2D eigenvalue weighted by Gasteiger charge is -2.05. The summed E-state index contributed by atoms with van der Waals surface area (Å²) in [5.74, 6) is -0.179. The zero-order valence-electron chi connectivity index (χ0n) is 11.5. The molecule has 0 bridgehead atoms. The summed E-state index contributed by atoms with van der Waals surface area (Å²) >= 11 is 8.48. The maximum Gasteiger partial charge on any atom is 0.234 e. The van der Waals surface area contributed by atoms with Gasteiger partial charge in [-0.05, 0) is 29.6 Å². The lowest BCUT2D eigenvalue weighted by molar-refractivity contribution is -0.113. The molecular weight excluding hydrogens is 359 g/mol. The first-order valence-electron chi connectivity index (χ1n) is 6.46. The number of nitrogens with one attached hydrogen (secondary N) is 2. The van der Waals surface area contributed by atoms with Crippen LogP contribution in [0.4, 0.5) is 10.1 Å². The Hall–Kier alpha value is -1.90. The maximum absolute atomic E-state index is 13.5. The Bertz CT molecular complexity index is 822. The first-order valence-corrected chi connectivity index (χ1v) is 8.70. The first kappa shape index (κ1) is 16.0. The van der Waals surface area contributed by atoms with E-state index in [0.717, 1.165) is 16.6 Å². The van der Waals surface area contributed by atoms with Gasteiger partial charge in [0.2, 0.25) is 11.1 Å². The number of aromatic nitrogens is 3. The van der Waals surface area contributed by atoms with Gasteiger partial charge in [-0.25, -0.2) is 9.37 Å². The summed E-state index contributed by atoms with van der Waals surface area (Å²) in [6, 6.07) is 7.83. The van der Waals surface area contributed by atoms with Crippen LogP contribution in [0.1, 0.15) is 0 Å².